The molecule has 0 aliphatic heterocycles. The summed E-state index contributed by atoms with van der Waals surface area (Å²) in [4.78, 5) is 40.6. The van der Waals surface area contributed by atoms with Crippen LogP contribution in [-0.2, 0) is 20.8 Å². The molecule has 2 rings (SSSR count). The molecular formula is C21H31N5O6S. The minimum absolute atomic E-state index is 0.0904. The largest absolute Gasteiger partial charge is 0.465 e. The molecule has 1 unspecified atom stereocenters. The number of nitrogens with zero attached hydrogens (tertiary/aromatic N) is 3. The maximum Gasteiger partial charge on any atom is 0.407 e. The van der Waals surface area contributed by atoms with Crippen LogP contribution >= 0.6 is 11.3 Å². The molecular weight excluding hydrogens is 450 g/mol. The molecule has 2 heterocycles. The molecule has 33 heavy (non-hydrogen) atoms. The number of esters is 1. The Hall–Kier alpha value is -3.15. The molecule has 0 aromatic carbocycles. The number of carbonyl (C=O) groups is 3. The van der Waals surface area contributed by atoms with Crippen LogP contribution in [-0.4, -0.2) is 63.8 Å². The first-order valence-corrected chi connectivity index (χ1v) is 11.1. The minimum atomic E-state index is -0.672. The molecule has 0 aliphatic carbocycles. The summed E-state index contributed by atoms with van der Waals surface area (Å²) in [5.41, 5.74) is -0.619. The molecule has 11 nitrogen and oxygen atoms in total. The highest BCUT2D eigenvalue weighted by Gasteiger charge is 2.22. The molecule has 2 amide bonds. The summed E-state index contributed by atoms with van der Waals surface area (Å²) in [7, 11) is 1.31. The summed E-state index contributed by atoms with van der Waals surface area (Å²) in [6.45, 7) is 10.9. The predicted octanol–water partition coefficient (Wildman–Crippen LogP) is 3.21. The van der Waals surface area contributed by atoms with Crippen molar-refractivity contribution in [3.8, 4) is 10.6 Å². The van der Waals surface area contributed by atoms with E-state index in [1.165, 1.54) is 24.6 Å². The van der Waals surface area contributed by atoms with Gasteiger partial charge in [0, 0.05) is 18.3 Å². The van der Waals surface area contributed by atoms with E-state index in [9.17, 15) is 14.4 Å². The highest BCUT2D eigenvalue weighted by atomic mass is 32.1. The van der Waals surface area contributed by atoms with E-state index < -0.39 is 35.4 Å². The van der Waals surface area contributed by atoms with Gasteiger partial charge in [-0.2, -0.15) is 5.10 Å². The van der Waals surface area contributed by atoms with Gasteiger partial charge >= 0.3 is 18.2 Å². The number of nitrogens with one attached hydrogen (secondary N) is 2. The molecule has 0 fully saturated rings. The van der Waals surface area contributed by atoms with Crippen molar-refractivity contribution in [2.24, 2.45) is 0 Å². The number of rotatable bonds is 7. The van der Waals surface area contributed by atoms with Gasteiger partial charge in [0.25, 0.3) is 0 Å². The first-order chi connectivity index (χ1) is 15.3. The van der Waals surface area contributed by atoms with Crippen molar-refractivity contribution in [3.63, 3.8) is 0 Å². The molecule has 1 atom stereocenters. The molecule has 0 saturated carbocycles. The van der Waals surface area contributed by atoms with Gasteiger partial charge in [-0.15, -0.1) is 11.3 Å². The molecule has 2 aromatic rings. The number of methoxy groups -OCH3 is 1. The summed E-state index contributed by atoms with van der Waals surface area (Å²) in [6, 6.07) is -0.540. The summed E-state index contributed by atoms with van der Waals surface area (Å²) >= 11 is 1.19. The molecule has 0 spiro atoms. The fourth-order valence-electron chi connectivity index (χ4n) is 2.56. The smallest absolute Gasteiger partial charge is 0.407 e. The topological polar surface area (TPSA) is 134 Å². The average molecular weight is 482 g/mol. The number of thiazole rings is 1. The van der Waals surface area contributed by atoms with E-state index >= 15 is 0 Å². The number of alkyl carbamates (subject to hydrolysis) is 2. The fraction of sp³-hybridized carbons (Fsp3) is 0.571. The van der Waals surface area contributed by atoms with E-state index in [0.29, 0.717) is 15.4 Å². The lowest BCUT2D eigenvalue weighted by molar-refractivity contribution is 0.0457. The molecule has 0 saturated heterocycles. The summed E-state index contributed by atoms with van der Waals surface area (Å²) in [5.74, 6) is -0.457. The van der Waals surface area contributed by atoms with Crippen molar-refractivity contribution in [1.82, 2.24) is 25.4 Å². The maximum absolute atomic E-state index is 12.3. The second-order valence-corrected chi connectivity index (χ2v) is 10.2. The zero-order valence-electron chi connectivity index (χ0n) is 19.9. The highest BCUT2D eigenvalue weighted by molar-refractivity contribution is 7.16. The first kappa shape index (κ1) is 26.1. The molecule has 2 aromatic heterocycles. The maximum atomic E-state index is 12.3. The Morgan fingerprint density at radius 1 is 1.06 bits per heavy atom. The second-order valence-electron chi connectivity index (χ2n) is 9.20. The number of hydrogen-bond donors (Lipinski definition) is 2. The Kier molecular flexibility index (Phi) is 8.42. The predicted molar refractivity (Wildman–Crippen MR) is 122 cm³/mol. The van der Waals surface area contributed by atoms with Crippen LogP contribution in [0.2, 0.25) is 0 Å². The van der Waals surface area contributed by atoms with E-state index in [4.69, 9.17) is 14.2 Å². The summed E-state index contributed by atoms with van der Waals surface area (Å²) in [6.07, 6.45) is 3.56. The summed E-state index contributed by atoms with van der Waals surface area (Å²) in [5, 5.41) is 10.3. The number of ether oxygens (including phenoxy) is 3. The number of amides is 2. The Morgan fingerprint density at radius 2 is 1.70 bits per heavy atom. The zero-order chi connectivity index (χ0) is 24.8. The third-order valence-electron chi connectivity index (χ3n) is 3.79. The number of hydrogen-bond acceptors (Lipinski definition) is 9. The molecule has 0 aliphatic rings. The van der Waals surface area contributed by atoms with Crippen LogP contribution in [0.25, 0.3) is 10.6 Å². The van der Waals surface area contributed by atoms with Crippen LogP contribution in [0.4, 0.5) is 9.59 Å². The van der Waals surface area contributed by atoms with Crippen LogP contribution in [0.1, 0.15) is 51.2 Å². The van der Waals surface area contributed by atoms with E-state index in [1.54, 1.807) is 58.6 Å². The average Bonchev–Trinajstić information content (AvgIpc) is 3.32. The lowest BCUT2D eigenvalue weighted by atomic mass is 10.2. The molecule has 12 heteroatoms. The van der Waals surface area contributed by atoms with Gasteiger partial charge in [-0.25, -0.2) is 19.4 Å². The highest BCUT2D eigenvalue weighted by Crippen LogP contribution is 2.25. The van der Waals surface area contributed by atoms with Crippen molar-refractivity contribution < 1.29 is 28.6 Å². The molecule has 182 valence electrons. The Balaban J connectivity index is 2.09. The Labute approximate surface area is 196 Å². The van der Waals surface area contributed by atoms with Gasteiger partial charge in [0.05, 0.1) is 32.1 Å². The second kappa shape index (κ2) is 10.6. The van der Waals surface area contributed by atoms with Gasteiger partial charge in [0.1, 0.15) is 21.1 Å². The van der Waals surface area contributed by atoms with Crippen LogP contribution in [0.3, 0.4) is 0 Å². The van der Waals surface area contributed by atoms with Gasteiger partial charge in [-0.3, -0.25) is 4.68 Å². The third-order valence-corrected chi connectivity index (χ3v) is 4.82. The van der Waals surface area contributed by atoms with Crippen LogP contribution in [0.5, 0.6) is 0 Å². The monoisotopic (exact) mass is 481 g/mol. The van der Waals surface area contributed by atoms with Gasteiger partial charge in [-0.1, -0.05) is 0 Å². The fourth-order valence-corrected chi connectivity index (χ4v) is 3.37. The van der Waals surface area contributed by atoms with Crippen molar-refractivity contribution in [1.29, 1.82) is 0 Å². The molecule has 2 N–H and O–H groups in total. The van der Waals surface area contributed by atoms with E-state index in [0.717, 1.165) is 0 Å². The van der Waals surface area contributed by atoms with Crippen molar-refractivity contribution in [2.45, 2.75) is 65.3 Å². The SMILES string of the molecule is COC(=O)c1cnc(-c2cnn(CC(CNC(=O)OC(C)(C)C)NC(=O)OC(C)(C)C)c2)s1. The standard InChI is InChI=1S/C21H31N5O6S/c1-20(2,3)31-18(28)23-9-14(25-19(29)32-21(4,5)6)12-26-11-13(8-24-26)16-22-10-15(33-16)17(27)30-7/h8,10-11,14H,9,12H2,1-7H3,(H,23,28)(H,25,29). The normalized spacial score (nSPS) is 12.6. The zero-order valence-corrected chi connectivity index (χ0v) is 20.7. The minimum Gasteiger partial charge on any atom is -0.465 e. The third kappa shape index (κ3) is 9.08. The van der Waals surface area contributed by atoms with Crippen molar-refractivity contribution >= 4 is 29.5 Å². The van der Waals surface area contributed by atoms with Gasteiger partial charge < -0.3 is 24.8 Å². The van der Waals surface area contributed by atoms with Gasteiger partial charge in [-0.05, 0) is 41.5 Å². The van der Waals surface area contributed by atoms with Crippen LogP contribution < -0.4 is 10.6 Å². The first-order valence-electron chi connectivity index (χ1n) is 10.3. The van der Waals surface area contributed by atoms with Crippen LogP contribution in [0, 0.1) is 0 Å². The van der Waals surface area contributed by atoms with E-state index in [2.05, 4.69) is 20.7 Å². The molecule has 0 radical (unpaired) electrons. The lowest BCUT2D eigenvalue weighted by Gasteiger charge is -2.25. The van der Waals surface area contributed by atoms with Gasteiger partial charge in [0.2, 0.25) is 0 Å². The lowest BCUT2D eigenvalue weighted by Crippen LogP contribution is -2.48. The quantitative estimate of drug-likeness (QED) is 0.455. The number of aromatic nitrogens is 3. The van der Waals surface area contributed by atoms with E-state index in [1.807, 2.05) is 0 Å². The van der Waals surface area contributed by atoms with E-state index in [-0.39, 0.29) is 13.1 Å². The van der Waals surface area contributed by atoms with Crippen LogP contribution in [0.15, 0.2) is 18.6 Å². The number of carbonyl (C=O) groups excluding carboxylic acids is 3. The van der Waals surface area contributed by atoms with Gasteiger partial charge in [0.15, 0.2) is 0 Å². The Bertz CT molecular complexity index is 972. The Morgan fingerprint density at radius 3 is 2.30 bits per heavy atom. The van der Waals surface area contributed by atoms with Crippen molar-refractivity contribution in [3.05, 3.63) is 23.5 Å². The summed E-state index contributed by atoms with van der Waals surface area (Å²) < 4.78 is 16.9. The van der Waals surface area contributed by atoms with Crippen molar-refractivity contribution in [2.75, 3.05) is 13.7 Å². The molecule has 0 bridgehead atoms.